The Balaban J connectivity index is 1.36. The van der Waals surface area contributed by atoms with Crippen molar-refractivity contribution < 1.29 is 28.8 Å². The number of ether oxygens (including phenoxy) is 1. The molecule has 3 atom stereocenters. The van der Waals surface area contributed by atoms with Crippen LogP contribution in [0.5, 0.6) is 5.75 Å². The molecule has 40 heavy (non-hydrogen) atoms. The maximum absolute atomic E-state index is 14.1. The Kier molecular flexibility index (Phi) is 7.40. The Morgan fingerprint density at radius 1 is 1.05 bits per heavy atom. The summed E-state index contributed by atoms with van der Waals surface area (Å²) in [5.74, 6) is -1.75. The van der Waals surface area contributed by atoms with Crippen LogP contribution in [0.1, 0.15) is 61.4 Å². The van der Waals surface area contributed by atoms with Crippen LogP contribution in [0.4, 0.5) is 0 Å². The summed E-state index contributed by atoms with van der Waals surface area (Å²) in [6, 6.07) is 10.7. The van der Waals surface area contributed by atoms with E-state index >= 15 is 0 Å². The highest BCUT2D eigenvalue weighted by Gasteiger charge is 2.43. The third-order valence-electron chi connectivity index (χ3n) is 8.64. The smallest absolute Gasteiger partial charge is 0.307 e. The van der Waals surface area contributed by atoms with E-state index in [0.29, 0.717) is 67.4 Å². The van der Waals surface area contributed by atoms with Gasteiger partial charge in [0.1, 0.15) is 18.1 Å². The first-order valence-electron chi connectivity index (χ1n) is 14.0. The number of aliphatic carboxylic acids is 1. The molecule has 2 amide bonds. The first kappa shape index (κ1) is 26.6. The number of amides is 2. The van der Waals surface area contributed by atoms with Crippen LogP contribution in [-0.2, 0) is 27.4 Å². The molecule has 0 spiro atoms. The molecule has 1 aromatic heterocycles. The molecule has 0 bridgehead atoms. The molecule has 1 saturated heterocycles. The normalized spacial score (nSPS) is 22.9. The van der Waals surface area contributed by atoms with Crippen LogP contribution in [-0.4, -0.2) is 57.5 Å². The number of hydrogen-bond acceptors (Lipinski definition) is 6. The van der Waals surface area contributed by atoms with Crippen molar-refractivity contribution in [1.29, 1.82) is 0 Å². The van der Waals surface area contributed by atoms with E-state index in [0.717, 1.165) is 35.8 Å². The predicted molar refractivity (Wildman–Crippen MR) is 147 cm³/mol. The van der Waals surface area contributed by atoms with Crippen molar-refractivity contribution in [3.8, 4) is 5.75 Å². The van der Waals surface area contributed by atoms with Gasteiger partial charge in [-0.05, 0) is 55.5 Å². The van der Waals surface area contributed by atoms with Crippen LogP contribution in [0.25, 0.3) is 11.0 Å². The van der Waals surface area contributed by atoms with Crippen molar-refractivity contribution in [3.05, 3.63) is 58.2 Å². The largest absolute Gasteiger partial charge is 0.487 e. The van der Waals surface area contributed by atoms with Gasteiger partial charge in [0, 0.05) is 42.0 Å². The van der Waals surface area contributed by atoms with Gasteiger partial charge < -0.3 is 24.2 Å². The minimum absolute atomic E-state index is 0.0548. The number of likely N-dealkylation sites (tertiary alicyclic amines) is 1. The third kappa shape index (κ3) is 4.91. The molecule has 3 heterocycles. The van der Waals surface area contributed by atoms with Crippen LogP contribution >= 0.6 is 11.6 Å². The van der Waals surface area contributed by atoms with Crippen LogP contribution in [0.3, 0.4) is 0 Å². The second-order valence-corrected chi connectivity index (χ2v) is 11.3. The molecule has 9 nitrogen and oxygen atoms in total. The van der Waals surface area contributed by atoms with E-state index in [2.05, 4.69) is 5.16 Å². The molecule has 210 valence electrons. The average Bonchev–Trinajstić information content (AvgIpc) is 3.58. The maximum atomic E-state index is 14.1. The first-order valence-corrected chi connectivity index (χ1v) is 14.4. The van der Waals surface area contributed by atoms with E-state index in [1.165, 1.54) is 0 Å². The molecule has 1 aliphatic carbocycles. The van der Waals surface area contributed by atoms with Crippen LogP contribution in [0.15, 0.2) is 40.9 Å². The number of carboxylic acids is 1. The summed E-state index contributed by atoms with van der Waals surface area (Å²) in [5.41, 5.74) is 2.99. The number of benzene rings is 2. The number of rotatable bonds is 7. The molecule has 0 radical (unpaired) electrons. The standard InChI is InChI=1S/C30H32ClN3O6/c31-22-11-12-26(39-17-23-21-8-3-4-9-25(21)40-32-23)28-20(22)13-15-34(24(28)16-33-14-5-10-27(33)35)29(36)18-6-1-2-7-19(18)30(37)38/h3-4,8-9,11-12,18-19,24H,1-2,5-7,10,13-17H2,(H,37,38)/t18-,19+,24-/m1/s1. The zero-order valence-corrected chi connectivity index (χ0v) is 22.9. The fourth-order valence-corrected chi connectivity index (χ4v) is 6.85. The quantitative estimate of drug-likeness (QED) is 0.429. The third-order valence-corrected chi connectivity index (χ3v) is 8.99. The molecule has 2 aliphatic heterocycles. The molecule has 2 aromatic carbocycles. The number of nitrogens with zero attached hydrogens (tertiary/aromatic N) is 3. The van der Waals surface area contributed by atoms with E-state index in [4.69, 9.17) is 20.9 Å². The summed E-state index contributed by atoms with van der Waals surface area (Å²) in [5, 5.41) is 15.5. The van der Waals surface area contributed by atoms with Gasteiger partial charge in [-0.15, -0.1) is 0 Å². The van der Waals surface area contributed by atoms with Gasteiger partial charge in [-0.3, -0.25) is 14.4 Å². The highest BCUT2D eigenvalue weighted by atomic mass is 35.5. The highest BCUT2D eigenvalue weighted by molar-refractivity contribution is 6.31. The van der Waals surface area contributed by atoms with Crippen LogP contribution in [0.2, 0.25) is 5.02 Å². The molecule has 3 aromatic rings. The van der Waals surface area contributed by atoms with Gasteiger partial charge in [0.15, 0.2) is 5.58 Å². The van der Waals surface area contributed by atoms with Gasteiger partial charge in [-0.1, -0.05) is 41.7 Å². The summed E-state index contributed by atoms with van der Waals surface area (Å²) >= 11 is 6.70. The molecule has 1 saturated carbocycles. The topological polar surface area (TPSA) is 113 Å². The molecule has 0 unspecified atom stereocenters. The number of carboxylic acid groups (broad SMARTS) is 1. The highest BCUT2D eigenvalue weighted by Crippen LogP contribution is 2.43. The number of para-hydroxylation sites is 1. The van der Waals surface area contributed by atoms with Gasteiger partial charge in [0.05, 0.1) is 17.9 Å². The van der Waals surface area contributed by atoms with Crippen molar-refractivity contribution in [2.24, 2.45) is 11.8 Å². The molecule has 3 aliphatic rings. The maximum Gasteiger partial charge on any atom is 0.307 e. The summed E-state index contributed by atoms with van der Waals surface area (Å²) in [7, 11) is 0. The molecule has 2 fully saturated rings. The fraction of sp³-hybridized carbons (Fsp3) is 0.467. The van der Waals surface area contributed by atoms with Gasteiger partial charge in [0.2, 0.25) is 11.8 Å². The first-order chi connectivity index (χ1) is 19.4. The molecule has 10 heteroatoms. The number of fused-ring (bicyclic) bond motifs is 2. The van der Waals surface area contributed by atoms with E-state index in [9.17, 15) is 19.5 Å². The number of aromatic nitrogens is 1. The Hall–Kier alpha value is -3.59. The predicted octanol–water partition coefficient (Wildman–Crippen LogP) is 5.00. The van der Waals surface area contributed by atoms with Gasteiger partial charge in [0.25, 0.3) is 0 Å². The number of hydrogen-bond donors (Lipinski definition) is 1. The Morgan fingerprint density at radius 3 is 2.62 bits per heavy atom. The van der Waals surface area contributed by atoms with Gasteiger partial charge >= 0.3 is 5.97 Å². The summed E-state index contributed by atoms with van der Waals surface area (Å²) in [6.45, 7) is 1.48. The Labute approximate surface area is 237 Å². The summed E-state index contributed by atoms with van der Waals surface area (Å²) in [4.78, 5) is 42.5. The van der Waals surface area contributed by atoms with Crippen LogP contribution < -0.4 is 4.74 Å². The van der Waals surface area contributed by atoms with Gasteiger partial charge in [-0.25, -0.2) is 0 Å². The molecular weight excluding hydrogens is 534 g/mol. The lowest BCUT2D eigenvalue weighted by Crippen LogP contribution is -2.50. The van der Waals surface area contributed by atoms with Crippen molar-refractivity contribution in [2.75, 3.05) is 19.6 Å². The van der Waals surface area contributed by atoms with Gasteiger partial charge in [-0.2, -0.15) is 0 Å². The van der Waals surface area contributed by atoms with Crippen molar-refractivity contribution in [1.82, 2.24) is 15.0 Å². The summed E-state index contributed by atoms with van der Waals surface area (Å²) < 4.78 is 11.8. The number of halogens is 1. The molecule has 1 N–H and O–H groups in total. The Bertz CT molecular complexity index is 1450. The van der Waals surface area contributed by atoms with Crippen molar-refractivity contribution in [2.45, 2.75) is 57.6 Å². The van der Waals surface area contributed by atoms with Crippen LogP contribution in [0, 0.1) is 11.8 Å². The zero-order chi connectivity index (χ0) is 27.8. The van der Waals surface area contributed by atoms with E-state index < -0.39 is 23.8 Å². The number of carbonyl (C=O) groups is 3. The van der Waals surface area contributed by atoms with E-state index in [1.807, 2.05) is 24.3 Å². The average molecular weight is 566 g/mol. The fourth-order valence-electron chi connectivity index (χ4n) is 6.59. The minimum atomic E-state index is -0.923. The second-order valence-electron chi connectivity index (χ2n) is 10.9. The second kappa shape index (κ2) is 11.1. The lowest BCUT2D eigenvalue weighted by atomic mass is 9.77. The summed E-state index contributed by atoms with van der Waals surface area (Å²) in [6.07, 6.45) is 4.44. The molecule has 6 rings (SSSR count). The lowest BCUT2D eigenvalue weighted by molar-refractivity contribution is -0.154. The molecular formula is C30H32ClN3O6. The monoisotopic (exact) mass is 565 g/mol. The number of carbonyl (C=O) groups excluding carboxylic acids is 2. The van der Waals surface area contributed by atoms with E-state index in [-0.39, 0.29) is 18.4 Å². The van der Waals surface area contributed by atoms with Crippen molar-refractivity contribution >= 4 is 40.4 Å². The SMILES string of the molecule is O=C(O)[C@H]1CCCC[C@H]1C(=O)N1CCc2c(Cl)ccc(OCc3noc4ccccc34)c2[C@H]1CN1CCCC1=O. The zero-order valence-electron chi connectivity index (χ0n) is 22.2. The minimum Gasteiger partial charge on any atom is -0.487 e. The van der Waals surface area contributed by atoms with Crippen molar-refractivity contribution in [3.63, 3.8) is 0 Å². The lowest BCUT2D eigenvalue weighted by Gasteiger charge is -2.43. The Morgan fingerprint density at radius 2 is 1.85 bits per heavy atom. The van der Waals surface area contributed by atoms with E-state index in [1.54, 1.807) is 21.9 Å².